The van der Waals surface area contributed by atoms with Crippen LogP contribution >= 0.6 is 0 Å². The zero-order chi connectivity index (χ0) is 27.8. The van der Waals surface area contributed by atoms with E-state index in [0.29, 0.717) is 23.8 Å². The van der Waals surface area contributed by atoms with Crippen LogP contribution in [0.25, 0.3) is 11.0 Å². The topological polar surface area (TPSA) is 97.0 Å². The number of piperidine rings is 2. The van der Waals surface area contributed by atoms with Gasteiger partial charge in [-0.25, -0.2) is 4.98 Å². The molecule has 4 unspecified atom stereocenters. The molecule has 1 N–H and O–H groups in total. The first kappa shape index (κ1) is 27.4. The fraction of sp³-hybridized carbons (Fsp3) is 0.688. The van der Waals surface area contributed by atoms with E-state index in [0.717, 1.165) is 35.7 Å². The Hall–Kier alpha value is -2.74. The number of aromatic nitrogens is 2. The van der Waals surface area contributed by atoms with E-state index < -0.39 is 5.97 Å². The summed E-state index contributed by atoms with van der Waals surface area (Å²) in [6.07, 6.45) is 13.8. The van der Waals surface area contributed by atoms with Crippen molar-refractivity contribution in [2.24, 2.45) is 17.0 Å². The lowest BCUT2D eigenvalue weighted by atomic mass is 9.68. The van der Waals surface area contributed by atoms with E-state index in [-0.39, 0.29) is 36.2 Å². The van der Waals surface area contributed by atoms with Crippen LogP contribution in [0.4, 0.5) is 0 Å². The number of hydrogen-bond donors (Lipinski definition) is 1. The molecule has 1 aromatic carbocycles. The van der Waals surface area contributed by atoms with Gasteiger partial charge in [-0.2, -0.15) is 0 Å². The molecule has 2 aliphatic heterocycles. The summed E-state index contributed by atoms with van der Waals surface area (Å²) in [5.41, 5.74) is 1.93. The Morgan fingerprint density at radius 3 is 2.30 bits per heavy atom. The molecule has 0 amide bonds. The average molecular weight is 549 g/mol. The van der Waals surface area contributed by atoms with Gasteiger partial charge in [0.2, 0.25) is 0 Å². The number of carboxylic acids is 1. The van der Waals surface area contributed by atoms with Crippen LogP contribution < -0.4 is 5.56 Å². The predicted molar refractivity (Wildman–Crippen MR) is 156 cm³/mol. The molecule has 0 radical (unpaired) electrons. The second-order valence-corrected chi connectivity index (χ2v) is 13.0. The van der Waals surface area contributed by atoms with Crippen molar-refractivity contribution in [2.75, 3.05) is 0 Å². The fourth-order valence-electron chi connectivity index (χ4n) is 8.44. The van der Waals surface area contributed by atoms with Crippen LogP contribution in [0.2, 0.25) is 0 Å². The number of benzene rings is 1. The second-order valence-electron chi connectivity index (χ2n) is 13.0. The highest BCUT2D eigenvalue weighted by molar-refractivity contribution is 6.00. The Morgan fingerprint density at radius 2 is 1.62 bits per heavy atom. The average Bonchev–Trinajstić information content (AvgIpc) is 2.92. The summed E-state index contributed by atoms with van der Waals surface area (Å²) in [5.74, 6) is 0.870. The van der Waals surface area contributed by atoms with E-state index in [1.54, 1.807) is 0 Å². The zero-order valence-electron chi connectivity index (χ0n) is 24.0. The minimum Gasteiger partial charge on any atom is -0.481 e. The summed E-state index contributed by atoms with van der Waals surface area (Å²) >= 11 is 0. The molecule has 4 bridgehead atoms. The molecular formula is C32H44N4O4. The van der Waals surface area contributed by atoms with Crippen LogP contribution in [-0.2, 0) is 9.63 Å². The van der Waals surface area contributed by atoms with Gasteiger partial charge in [-0.1, -0.05) is 43.0 Å². The quantitative estimate of drug-likeness (QED) is 0.325. The molecule has 4 fully saturated rings. The first-order valence-electron chi connectivity index (χ1n) is 15.6. The van der Waals surface area contributed by atoms with Crippen LogP contribution in [0.1, 0.15) is 109 Å². The maximum absolute atomic E-state index is 14.3. The first-order valence-corrected chi connectivity index (χ1v) is 15.6. The molecule has 0 spiro atoms. The summed E-state index contributed by atoms with van der Waals surface area (Å²) < 4.78 is 1.97. The van der Waals surface area contributed by atoms with Crippen LogP contribution in [0.5, 0.6) is 0 Å². The number of oxime groups is 1. The lowest BCUT2D eigenvalue weighted by Gasteiger charge is -2.55. The smallest absolute Gasteiger partial charge is 0.303 e. The van der Waals surface area contributed by atoms with Gasteiger partial charge in [0.05, 0.1) is 17.5 Å². The minimum atomic E-state index is -0.939. The number of fused-ring (bicyclic) bond motifs is 5. The minimum absolute atomic E-state index is 0.0838. The largest absolute Gasteiger partial charge is 0.481 e. The number of carboxylic acid groups (broad SMARTS) is 1. The second kappa shape index (κ2) is 11.6. The summed E-state index contributed by atoms with van der Waals surface area (Å²) in [6.45, 7) is 3.72. The van der Waals surface area contributed by atoms with E-state index in [1.165, 1.54) is 57.8 Å². The van der Waals surface area contributed by atoms with Crippen molar-refractivity contribution in [3.8, 4) is 0 Å². The third-order valence-corrected chi connectivity index (χ3v) is 9.91. The van der Waals surface area contributed by atoms with Crippen molar-refractivity contribution >= 4 is 22.7 Å². The van der Waals surface area contributed by atoms with Gasteiger partial charge in [0.1, 0.15) is 11.8 Å². The van der Waals surface area contributed by atoms with E-state index in [1.807, 2.05) is 42.7 Å². The van der Waals surface area contributed by atoms with E-state index in [9.17, 15) is 14.7 Å². The number of para-hydroxylation sites is 2. The van der Waals surface area contributed by atoms with Crippen molar-refractivity contribution < 1.29 is 14.7 Å². The van der Waals surface area contributed by atoms with Crippen LogP contribution in [-0.4, -0.2) is 55.5 Å². The molecule has 2 aromatic rings. The van der Waals surface area contributed by atoms with Crippen molar-refractivity contribution in [3.63, 3.8) is 0 Å². The Morgan fingerprint density at radius 1 is 0.950 bits per heavy atom. The Balaban J connectivity index is 1.35. The molecule has 2 saturated carbocycles. The first-order chi connectivity index (χ1) is 19.4. The molecule has 2 aliphatic carbocycles. The van der Waals surface area contributed by atoms with Crippen LogP contribution in [0.3, 0.4) is 0 Å². The van der Waals surface area contributed by atoms with Gasteiger partial charge in [0, 0.05) is 30.6 Å². The molecule has 216 valence electrons. The van der Waals surface area contributed by atoms with Crippen molar-refractivity contribution in [1.82, 2.24) is 14.5 Å². The summed E-state index contributed by atoms with van der Waals surface area (Å²) in [7, 11) is 0. The lowest BCUT2D eigenvalue weighted by molar-refractivity contribution is -0.136. The van der Waals surface area contributed by atoms with E-state index in [2.05, 4.69) is 10.1 Å². The third-order valence-electron chi connectivity index (χ3n) is 9.91. The van der Waals surface area contributed by atoms with Crippen molar-refractivity contribution in [3.05, 3.63) is 40.3 Å². The lowest BCUT2D eigenvalue weighted by Crippen LogP contribution is -2.58. The number of rotatable bonds is 8. The normalized spacial score (nSPS) is 30.9. The maximum Gasteiger partial charge on any atom is 0.303 e. The monoisotopic (exact) mass is 548 g/mol. The van der Waals surface area contributed by atoms with Crippen molar-refractivity contribution in [2.45, 2.75) is 128 Å². The van der Waals surface area contributed by atoms with E-state index in [4.69, 9.17) is 9.82 Å². The molecule has 6 rings (SSSR count). The highest BCUT2D eigenvalue weighted by Gasteiger charge is 2.45. The zero-order valence-corrected chi connectivity index (χ0v) is 24.0. The predicted octanol–water partition coefficient (Wildman–Crippen LogP) is 5.92. The van der Waals surface area contributed by atoms with Gasteiger partial charge in [0.25, 0.3) is 5.56 Å². The molecule has 8 heteroatoms. The highest BCUT2D eigenvalue weighted by atomic mass is 16.6. The summed E-state index contributed by atoms with van der Waals surface area (Å²) in [4.78, 5) is 38.8. The highest BCUT2D eigenvalue weighted by Crippen LogP contribution is 2.47. The number of hydrogen-bond acceptors (Lipinski definition) is 6. The molecule has 5 atom stereocenters. The number of aliphatic carboxylic acids is 1. The number of nitrogens with zero attached hydrogens (tertiary/aromatic N) is 4. The van der Waals surface area contributed by atoms with Gasteiger partial charge in [-0.05, 0) is 82.8 Å². The van der Waals surface area contributed by atoms with Crippen LogP contribution in [0, 0.1) is 11.8 Å². The molecule has 2 saturated heterocycles. The third kappa shape index (κ3) is 5.56. The van der Waals surface area contributed by atoms with Crippen molar-refractivity contribution in [1.29, 1.82) is 0 Å². The Bertz CT molecular complexity index is 1290. The SMILES string of the molecule is CC(C)O/N=C(/CCC(=O)O)c1nc2ccccc2n(C2CC3CCC[C@H](C2)N3C2CC3CCCC(C3)C2)c1=O. The van der Waals surface area contributed by atoms with Crippen LogP contribution in [0.15, 0.2) is 34.2 Å². The van der Waals surface area contributed by atoms with Gasteiger partial charge in [-0.15, -0.1) is 0 Å². The standard InChI is InChI=1S/C32H44N4O4/c1-20(2)40-34-28(13-14-30(37)38)31-32(39)36(29-12-4-3-11-27(29)33-31)26-18-23-9-6-10-24(19-26)35(23)25-16-21-7-5-8-22(15-21)17-25/h3-4,11-12,20-26H,5-10,13-19H2,1-2H3,(H,37,38)/b34-28-/t21?,22?,23-,24?,25?,26?/m1/s1. The van der Waals surface area contributed by atoms with E-state index >= 15 is 0 Å². The Labute approximate surface area is 236 Å². The summed E-state index contributed by atoms with van der Waals surface area (Å²) in [5, 5.41) is 13.6. The van der Waals surface area contributed by atoms with Gasteiger partial charge < -0.3 is 14.5 Å². The number of carbonyl (C=O) groups is 1. The van der Waals surface area contributed by atoms with Gasteiger partial charge in [0.15, 0.2) is 5.69 Å². The molecule has 4 aliphatic rings. The van der Waals surface area contributed by atoms with Gasteiger partial charge in [-0.3, -0.25) is 14.5 Å². The molecule has 40 heavy (non-hydrogen) atoms. The fourth-order valence-corrected chi connectivity index (χ4v) is 8.44. The Kier molecular flexibility index (Phi) is 7.98. The molecule has 3 heterocycles. The molecular weight excluding hydrogens is 504 g/mol. The molecule has 1 aromatic heterocycles. The van der Waals surface area contributed by atoms with Gasteiger partial charge >= 0.3 is 5.97 Å². The molecule has 8 nitrogen and oxygen atoms in total. The maximum atomic E-state index is 14.3. The summed E-state index contributed by atoms with van der Waals surface area (Å²) in [6, 6.07) is 9.63.